The number of nitrogens with zero attached hydrogens (tertiary/aromatic N) is 2. The third-order valence-electron chi connectivity index (χ3n) is 3.46. The maximum Gasteiger partial charge on any atom is 0.176 e. The molecular weight excluding hydrogens is 437 g/mol. The SMILES string of the molecule is Fc1ccc(NC(=S)Nc2nn(Cc3ccc(Cl)c(Cl)c3)cc2Cl)c(F)c1. The van der Waals surface area contributed by atoms with E-state index >= 15 is 0 Å². The molecule has 0 unspecified atom stereocenters. The molecule has 0 fully saturated rings. The Morgan fingerprint density at radius 3 is 2.48 bits per heavy atom. The molecule has 3 aromatic rings. The van der Waals surface area contributed by atoms with Crippen molar-refractivity contribution >= 4 is 63.6 Å². The van der Waals surface area contributed by atoms with Gasteiger partial charge in [0.2, 0.25) is 0 Å². The standard InChI is InChI=1S/C17H11Cl3F2N4S/c18-11-3-1-9(5-12(11)19)7-26-8-13(20)16(25-26)24-17(27)23-15-4-2-10(21)6-14(15)22/h1-6,8H,7H2,(H2,23,24,25,27). The average molecular weight is 448 g/mol. The Morgan fingerprint density at radius 2 is 1.78 bits per heavy atom. The smallest absolute Gasteiger partial charge is 0.176 e. The molecule has 0 atom stereocenters. The van der Waals surface area contributed by atoms with Crippen LogP contribution in [0.15, 0.2) is 42.6 Å². The van der Waals surface area contributed by atoms with E-state index in [1.54, 1.807) is 23.0 Å². The minimum absolute atomic E-state index is 0.0280. The fourth-order valence-electron chi connectivity index (χ4n) is 2.24. The lowest BCUT2D eigenvalue weighted by Crippen LogP contribution is -2.20. The number of halogens is 5. The predicted molar refractivity (Wildman–Crippen MR) is 109 cm³/mol. The van der Waals surface area contributed by atoms with E-state index in [4.69, 9.17) is 47.0 Å². The molecule has 0 saturated heterocycles. The molecule has 10 heteroatoms. The zero-order chi connectivity index (χ0) is 19.6. The first-order valence-corrected chi connectivity index (χ1v) is 9.06. The van der Waals surface area contributed by atoms with Crippen LogP contribution in [-0.2, 0) is 6.54 Å². The summed E-state index contributed by atoms with van der Waals surface area (Å²) >= 11 is 23.2. The normalized spacial score (nSPS) is 10.7. The van der Waals surface area contributed by atoms with Crippen molar-refractivity contribution in [2.45, 2.75) is 6.54 Å². The number of anilines is 2. The largest absolute Gasteiger partial charge is 0.330 e. The van der Waals surface area contributed by atoms with E-state index in [0.717, 1.165) is 17.7 Å². The first-order valence-electron chi connectivity index (χ1n) is 7.52. The van der Waals surface area contributed by atoms with Crippen molar-refractivity contribution in [1.82, 2.24) is 9.78 Å². The van der Waals surface area contributed by atoms with Gasteiger partial charge in [0, 0.05) is 12.3 Å². The molecule has 0 radical (unpaired) electrons. The van der Waals surface area contributed by atoms with E-state index in [1.165, 1.54) is 6.07 Å². The van der Waals surface area contributed by atoms with Crippen molar-refractivity contribution in [3.63, 3.8) is 0 Å². The molecular formula is C17H11Cl3F2N4S. The van der Waals surface area contributed by atoms with Gasteiger partial charge in [0.1, 0.15) is 16.7 Å². The third-order valence-corrected chi connectivity index (χ3v) is 4.68. The van der Waals surface area contributed by atoms with Gasteiger partial charge in [-0.2, -0.15) is 5.10 Å². The highest BCUT2D eigenvalue weighted by Crippen LogP contribution is 2.25. The third kappa shape index (κ3) is 5.07. The molecule has 0 aliphatic heterocycles. The maximum atomic E-state index is 13.7. The summed E-state index contributed by atoms with van der Waals surface area (Å²) in [6.45, 7) is 0.408. The summed E-state index contributed by atoms with van der Waals surface area (Å²) in [5.41, 5.74) is 0.907. The highest BCUT2D eigenvalue weighted by Gasteiger charge is 2.11. The highest BCUT2D eigenvalue weighted by atomic mass is 35.5. The Bertz CT molecular complexity index is 1010. The number of hydrogen-bond donors (Lipinski definition) is 2. The van der Waals surface area contributed by atoms with Gasteiger partial charge in [-0.15, -0.1) is 0 Å². The van der Waals surface area contributed by atoms with Crippen LogP contribution >= 0.6 is 47.0 Å². The molecule has 3 rings (SSSR count). The zero-order valence-electron chi connectivity index (χ0n) is 13.4. The fraction of sp³-hybridized carbons (Fsp3) is 0.0588. The molecule has 1 aromatic heterocycles. The molecule has 0 saturated carbocycles. The second-order valence-corrected chi connectivity index (χ2v) is 7.10. The minimum atomic E-state index is -0.768. The summed E-state index contributed by atoms with van der Waals surface area (Å²) < 4.78 is 28.2. The van der Waals surface area contributed by atoms with Crippen molar-refractivity contribution < 1.29 is 8.78 Å². The van der Waals surface area contributed by atoms with Crippen LogP contribution in [-0.4, -0.2) is 14.9 Å². The Hall–Kier alpha value is -1.93. The molecule has 2 N–H and O–H groups in total. The quantitative estimate of drug-likeness (QED) is 0.483. The molecule has 0 amide bonds. The van der Waals surface area contributed by atoms with Gasteiger partial charge in [0.25, 0.3) is 0 Å². The predicted octanol–water partition coefficient (Wildman–Crippen LogP) is 5.98. The molecule has 0 aliphatic rings. The molecule has 0 bridgehead atoms. The summed E-state index contributed by atoms with van der Waals surface area (Å²) in [7, 11) is 0. The Balaban J connectivity index is 1.68. The Kier molecular flexibility index (Phi) is 6.16. The van der Waals surface area contributed by atoms with Gasteiger partial charge in [-0.3, -0.25) is 4.68 Å². The van der Waals surface area contributed by atoms with Gasteiger partial charge < -0.3 is 10.6 Å². The number of benzene rings is 2. The van der Waals surface area contributed by atoms with Crippen LogP contribution < -0.4 is 10.6 Å². The summed E-state index contributed by atoms with van der Waals surface area (Å²) in [6, 6.07) is 8.36. The van der Waals surface area contributed by atoms with Gasteiger partial charge in [0.05, 0.1) is 22.3 Å². The average Bonchev–Trinajstić information content (AvgIpc) is 2.93. The molecule has 140 valence electrons. The number of nitrogens with one attached hydrogen (secondary N) is 2. The summed E-state index contributed by atoms with van der Waals surface area (Å²) in [5, 5.41) is 11.0. The monoisotopic (exact) mass is 446 g/mol. The first kappa shape index (κ1) is 19.8. The Labute approximate surface area is 174 Å². The number of thiocarbonyl (C=S) groups is 1. The second-order valence-electron chi connectivity index (χ2n) is 5.47. The lowest BCUT2D eigenvalue weighted by molar-refractivity contribution is 0.586. The topological polar surface area (TPSA) is 41.9 Å². The van der Waals surface area contributed by atoms with Crippen LogP contribution in [0.5, 0.6) is 0 Å². The first-order chi connectivity index (χ1) is 12.8. The van der Waals surface area contributed by atoms with Gasteiger partial charge in [-0.05, 0) is 42.0 Å². The minimum Gasteiger partial charge on any atom is -0.330 e. The van der Waals surface area contributed by atoms with Crippen molar-refractivity contribution in [2.75, 3.05) is 10.6 Å². The molecule has 27 heavy (non-hydrogen) atoms. The van der Waals surface area contributed by atoms with Crippen LogP contribution in [0.2, 0.25) is 15.1 Å². The second kappa shape index (κ2) is 8.39. The summed E-state index contributed by atoms with van der Waals surface area (Å²) in [6.07, 6.45) is 1.60. The fourth-order valence-corrected chi connectivity index (χ4v) is 2.96. The molecule has 0 spiro atoms. The van der Waals surface area contributed by atoms with E-state index < -0.39 is 11.6 Å². The van der Waals surface area contributed by atoms with Gasteiger partial charge in [0.15, 0.2) is 10.9 Å². The van der Waals surface area contributed by atoms with Crippen LogP contribution in [0.1, 0.15) is 5.56 Å². The van der Waals surface area contributed by atoms with Crippen LogP contribution in [0.25, 0.3) is 0 Å². The van der Waals surface area contributed by atoms with E-state index in [0.29, 0.717) is 21.6 Å². The van der Waals surface area contributed by atoms with Crippen molar-refractivity contribution in [1.29, 1.82) is 0 Å². The van der Waals surface area contributed by atoms with Crippen molar-refractivity contribution in [2.24, 2.45) is 0 Å². The van der Waals surface area contributed by atoms with E-state index in [1.807, 2.05) is 6.07 Å². The van der Waals surface area contributed by atoms with Crippen LogP contribution in [0, 0.1) is 11.6 Å². The maximum absolute atomic E-state index is 13.7. The molecule has 0 aliphatic carbocycles. The lowest BCUT2D eigenvalue weighted by Gasteiger charge is -2.10. The van der Waals surface area contributed by atoms with E-state index in [2.05, 4.69) is 15.7 Å². The van der Waals surface area contributed by atoms with Gasteiger partial charge in [-0.25, -0.2) is 8.78 Å². The van der Waals surface area contributed by atoms with Gasteiger partial charge in [-0.1, -0.05) is 40.9 Å². The lowest BCUT2D eigenvalue weighted by atomic mass is 10.2. The number of aromatic nitrogens is 2. The van der Waals surface area contributed by atoms with E-state index in [-0.39, 0.29) is 16.6 Å². The number of hydrogen-bond acceptors (Lipinski definition) is 2. The van der Waals surface area contributed by atoms with E-state index in [9.17, 15) is 8.78 Å². The van der Waals surface area contributed by atoms with Gasteiger partial charge >= 0.3 is 0 Å². The molecule has 2 aromatic carbocycles. The summed E-state index contributed by atoms with van der Waals surface area (Å²) in [4.78, 5) is 0. The molecule has 4 nitrogen and oxygen atoms in total. The van der Waals surface area contributed by atoms with Crippen molar-refractivity contribution in [3.05, 3.63) is 74.9 Å². The summed E-state index contributed by atoms with van der Waals surface area (Å²) in [5.74, 6) is -1.16. The van der Waals surface area contributed by atoms with Crippen molar-refractivity contribution in [3.8, 4) is 0 Å². The Morgan fingerprint density at radius 1 is 1.00 bits per heavy atom. The zero-order valence-corrected chi connectivity index (χ0v) is 16.5. The highest BCUT2D eigenvalue weighted by molar-refractivity contribution is 7.80. The van der Waals surface area contributed by atoms with Crippen LogP contribution in [0.3, 0.4) is 0 Å². The number of rotatable bonds is 4. The molecule has 1 heterocycles. The van der Waals surface area contributed by atoms with Crippen LogP contribution in [0.4, 0.5) is 20.3 Å².